The van der Waals surface area contributed by atoms with Gasteiger partial charge in [-0.15, -0.1) is 0 Å². The van der Waals surface area contributed by atoms with Gasteiger partial charge in [0.05, 0.1) is 16.4 Å². The molecule has 0 bridgehead atoms. The van der Waals surface area contributed by atoms with E-state index >= 15 is 0 Å². The molecule has 0 atom stereocenters. The average molecular weight is 298 g/mol. The van der Waals surface area contributed by atoms with Crippen LogP contribution in [-0.2, 0) is 14.1 Å². The first-order valence-corrected chi connectivity index (χ1v) is 6.99. The highest BCUT2D eigenvalue weighted by atomic mass is 35.5. The Morgan fingerprint density at radius 3 is 2.52 bits per heavy atom. The number of aryl methyl sites for hydroxylation is 2. The van der Waals surface area contributed by atoms with E-state index in [9.17, 15) is 4.79 Å². The molecule has 104 valence electrons. The van der Waals surface area contributed by atoms with Crippen LogP contribution in [0, 0.1) is 0 Å². The van der Waals surface area contributed by atoms with Gasteiger partial charge in [0.1, 0.15) is 0 Å². The summed E-state index contributed by atoms with van der Waals surface area (Å²) in [6.07, 6.45) is 1.78. The monoisotopic (exact) mass is 297 g/mol. The molecule has 2 aromatic heterocycles. The number of nitrogens with zero attached hydrogens (tertiary/aromatic N) is 3. The number of hydrogen-bond acceptors (Lipinski definition) is 2. The first-order chi connectivity index (χ1) is 10.1. The number of benzene rings is 2. The van der Waals surface area contributed by atoms with Crippen molar-refractivity contribution in [3.8, 4) is 0 Å². The molecule has 0 radical (unpaired) electrons. The predicted octanol–water partition coefficient (Wildman–Crippen LogP) is 3.23. The number of aromatic nitrogens is 3. The first-order valence-electron chi connectivity index (χ1n) is 6.61. The van der Waals surface area contributed by atoms with Crippen molar-refractivity contribution in [3.63, 3.8) is 0 Å². The van der Waals surface area contributed by atoms with Crippen molar-refractivity contribution >= 4 is 44.2 Å². The highest BCUT2D eigenvalue weighted by Crippen LogP contribution is 2.33. The Morgan fingerprint density at radius 2 is 1.76 bits per heavy atom. The van der Waals surface area contributed by atoms with Crippen LogP contribution in [0.15, 0.2) is 41.3 Å². The van der Waals surface area contributed by atoms with Gasteiger partial charge in [0.25, 0.3) is 5.56 Å². The Bertz CT molecular complexity index is 1090. The molecule has 0 aliphatic heterocycles. The summed E-state index contributed by atoms with van der Waals surface area (Å²) in [5.74, 6) is 0. The summed E-state index contributed by atoms with van der Waals surface area (Å²) in [5.41, 5.74) is 1.72. The molecule has 0 saturated carbocycles. The van der Waals surface area contributed by atoms with Gasteiger partial charge in [-0.3, -0.25) is 4.79 Å². The van der Waals surface area contributed by atoms with Crippen LogP contribution in [0.25, 0.3) is 32.6 Å². The smallest absolute Gasteiger partial charge is 0.258 e. The van der Waals surface area contributed by atoms with Crippen molar-refractivity contribution in [2.45, 2.75) is 0 Å². The lowest BCUT2D eigenvalue weighted by Crippen LogP contribution is -2.16. The third-order valence-electron chi connectivity index (χ3n) is 4.02. The predicted molar refractivity (Wildman–Crippen MR) is 86.0 cm³/mol. The van der Waals surface area contributed by atoms with Gasteiger partial charge in [-0.1, -0.05) is 24.3 Å². The molecule has 0 aliphatic rings. The molecule has 4 rings (SSSR count). The summed E-state index contributed by atoms with van der Waals surface area (Å²) >= 11 is 6.19. The van der Waals surface area contributed by atoms with Crippen LogP contribution >= 0.6 is 11.6 Å². The molecule has 0 fully saturated rings. The van der Waals surface area contributed by atoms with Crippen molar-refractivity contribution in [1.29, 1.82) is 0 Å². The summed E-state index contributed by atoms with van der Waals surface area (Å²) in [5, 5.41) is 3.88. The Balaban J connectivity index is 2.51. The van der Waals surface area contributed by atoms with Crippen molar-refractivity contribution in [3.05, 3.63) is 52.2 Å². The van der Waals surface area contributed by atoms with E-state index in [2.05, 4.69) is 4.98 Å². The fourth-order valence-corrected chi connectivity index (χ4v) is 3.13. The van der Waals surface area contributed by atoms with E-state index in [1.54, 1.807) is 17.8 Å². The fraction of sp³-hybridized carbons (Fsp3) is 0.125. The standard InChI is InChI=1S/C16H12ClN3O/c1-19-8-7-11-12(15(19)21)9-5-3-4-6-10(9)13-14(11)20(2)16(17)18-13/h3-8H,1-2H3. The Morgan fingerprint density at radius 1 is 1.05 bits per heavy atom. The van der Waals surface area contributed by atoms with Crippen LogP contribution in [0.4, 0.5) is 0 Å². The second kappa shape index (κ2) is 4.09. The van der Waals surface area contributed by atoms with Gasteiger partial charge in [0.2, 0.25) is 5.28 Å². The lowest BCUT2D eigenvalue weighted by Gasteiger charge is -2.08. The summed E-state index contributed by atoms with van der Waals surface area (Å²) in [6.45, 7) is 0. The minimum atomic E-state index is -0.0112. The van der Waals surface area contributed by atoms with E-state index in [1.807, 2.05) is 41.9 Å². The molecule has 0 saturated heterocycles. The second-order valence-corrected chi connectivity index (χ2v) is 5.54. The van der Waals surface area contributed by atoms with Gasteiger partial charge in [0.15, 0.2) is 0 Å². The summed E-state index contributed by atoms with van der Waals surface area (Å²) in [6, 6.07) is 9.77. The van der Waals surface area contributed by atoms with Crippen molar-refractivity contribution in [1.82, 2.24) is 14.1 Å². The SMILES string of the molecule is Cn1ccc2c(c1=O)c1ccccc1c1nc(Cl)n(C)c21. The topological polar surface area (TPSA) is 39.8 Å². The Hall–Kier alpha value is -2.33. The lowest BCUT2D eigenvalue weighted by molar-refractivity contribution is 0.874. The Labute approximate surface area is 125 Å². The van der Waals surface area contributed by atoms with Gasteiger partial charge in [-0.25, -0.2) is 4.98 Å². The second-order valence-electron chi connectivity index (χ2n) is 5.20. The third-order valence-corrected chi connectivity index (χ3v) is 4.35. The molecule has 4 aromatic rings. The maximum atomic E-state index is 12.6. The van der Waals surface area contributed by atoms with Crippen molar-refractivity contribution < 1.29 is 0 Å². The lowest BCUT2D eigenvalue weighted by atomic mass is 10.0. The van der Waals surface area contributed by atoms with Gasteiger partial charge in [-0.05, 0) is 23.1 Å². The number of hydrogen-bond donors (Lipinski definition) is 0. The van der Waals surface area contributed by atoms with Gasteiger partial charge in [-0.2, -0.15) is 0 Å². The van der Waals surface area contributed by atoms with Crippen molar-refractivity contribution in [2.75, 3.05) is 0 Å². The van der Waals surface area contributed by atoms with E-state index in [0.29, 0.717) is 10.7 Å². The highest BCUT2D eigenvalue weighted by molar-refractivity contribution is 6.31. The fourth-order valence-electron chi connectivity index (χ4n) is 2.96. The number of pyridine rings is 1. The molecular weight excluding hydrogens is 286 g/mol. The highest BCUT2D eigenvalue weighted by Gasteiger charge is 2.16. The van der Waals surface area contributed by atoms with Crippen LogP contribution in [0.5, 0.6) is 0 Å². The molecule has 5 heteroatoms. The van der Waals surface area contributed by atoms with E-state index in [1.165, 1.54) is 0 Å². The van der Waals surface area contributed by atoms with Gasteiger partial charge in [0, 0.05) is 31.1 Å². The molecule has 0 amide bonds. The summed E-state index contributed by atoms with van der Waals surface area (Å²) in [7, 11) is 3.63. The van der Waals surface area contributed by atoms with Crippen LogP contribution in [0.1, 0.15) is 0 Å². The normalized spacial score (nSPS) is 11.8. The number of fused-ring (bicyclic) bond motifs is 6. The minimum Gasteiger partial charge on any atom is -0.318 e. The largest absolute Gasteiger partial charge is 0.318 e. The summed E-state index contributed by atoms with van der Waals surface area (Å²) in [4.78, 5) is 17.1. The zero-order chi connectivity index (χ0) is 14.7. The maximum Gasteiger partial charge on any atom is 0.258 e. The van der Waals surface area contributed by atoms with Crippen LogP contribution in [-0.4, -0.2) is 14.1 Å². The van der Waals surface area contributed by atoms with E-state index in [0.717, 1.165) is 27.2 Å². The van der Waals surface area contributed by atoms with Crippen molar-refractivity contribution in [2.24, 2.45) is 14.1 Å². The minimum absolute atomic E-state index is 0.0112. The van der Waals surface area contributed by atoms with Crippen LogP contribution in [0.2, 0.25) is 5.28 Å². The molecule has 2 heterocycles. The van der Waals surface area contributed by atoms with Gasteiger partial charge >= 0.3 is 0 Å². The number of halogens is 1. The van der Waals surface area contributed by atoms with E-state index in [4.69, 9.17) is 11.6 Å². The first kappa shape index (κ1) is 12.4. The molecule has 0 aliphatic carbocycles. The molecular formula is C16H12ClN3O. The number of rotatable bonds is 0. The molecule has 21 heavy (non-hydrogen) atoms. The molecule has 2 aromatic carbocycles. The van der Waals surface area contributed by atoms with Crippen LogP contribution in [0.3, 0.4) is 0 Å². The van der Waals surface area contributed by atoms with Crippen LogP contribution < -0.4 is 5.56 Å². The molecule has 0 unspecified atom stereocenters. The number of imidazole rings is 1. The van der Waals surface area contributed by atoms with Gasteiger partial charge < -0.3 is 9.13 Å². The molecule has 0 spiro atoms. The quantitative estimate of drug-likeness (QED) is 0.468. The van der Waals surface area contributed by atoms with E-state index in [-0.39, 0.29) is 5.56 Å². The zero-order valence-corrected chi connectivity index (χ0v) is 12.3. The van der Waals surface area contributed by atoms with E-state index < -0.39 is 0 Å². The molecule has 4 nitrogen and oxygen atoms in total. The average Bonchev–Trinajstić information content (AvgIpc) is 2.79. The Kier molecular flexibility index (Phi) is 2.41. The summed E-state index contributed by atoms with van der Waals surface area (Å²) < 4.78 is 3.42. The zero-order valence-electron chi connectivity index (χ0n) is 11.6. The molecule has 0 N–H and O–H groups in total. The maximum absolute atomic E-state index is 12.6. The third kappa shape index (κ3) is 1.51.